The van der Waals surface area contributed by atoms with Crippen LogP contribution in [0.2, 0.25) is 0 Å². The van der Waals surface area contributed by atoms with E-state index in [0.29, 0.717) is 19.0 Å². The summed E-state index contributed by atoms with van der Waals surface area (Å²) in [5, 5.41) is 4.32. The molecule has 3 heterocycles. The quantitative estimate of drug-likeness (QED) is 0.858. The van der Waals surface area contributed by atoms with E-state index in [9.17, 15) is 4.79 Å². The summed E-state index contributed by atoms with van der Waals surface area (Å²) >= 11 is 0. The van der Waals surface area contributed by atoms with Crippen LogP contribution in [0.25, 0.3) is 0 Å². The lowest BCUT2D eigenvalue weighted by Gasteiger charge is -2.17. The van der Waals surface area contributed by atoms with Gasteiger partial charge in [-0.05, 0) is 23.6 Å². The van der Waals surface area contributed by atoms with Gasteiger partial charge in [0.1, 0.15) is 0 Å². The van der Waals surface area contributed by atoms with Crippen molar-refractivity contribution in [3.63, 3.8) is 0 Å². The van der Waals surface area contributed by atoms with Crippen LogP contribution in [0, 0.1) is 0 Å². The van der Waals surface area contributed by atoms with Crippen LogP contribution in [0.3, 0.4) is 0 Å². The number of hydrogen-bond acceptors (Lipinski definition) is 3. The molecule has 2 aromatic heterocycles. The first-order chi connectivity index (χ1) is 9.58. The van der Waals surface area contributed by atoms with Crippen LogP contribution in [0.4, 0.5) is 0 Å². The lowest BCUT2D eigenvalue weighted by Crippen LogP contribution is -2.25. The molecule has 0 saturated carbocycles. The number of hydrogen-bond donors (Lipinski definition) is 0. The maximum atomic E-state index is 12.4. The minimum atomic E-state index is 0.0593. The fourth-order valence-corrected chi connectivity index (χ4v) is 2.65. The number of aryl methyl sites for hydroxylation is 1. The van der Waals surface area contributed by atoms with E-state index in [4.69, 9.17) is 0 Å². The molecule has 5 heteroatoms. The van der Waals surface area contributed by atoms with Crippen molar-refractivity contribution in [2.45, 2.75) is 32.9 Å². The van der Waals surface area contributed by atoms with Crippen molar-refractivity contribution in [2.24, 2.45) is 7.05 Å². The lowest BCUT2D eigenvalue weighted by molar-refractivity contribution is 0.0762. The van der Waals surface area contributed by atoms with Gasteiger partial charge in [-0.1, -0.05) is 13.8 Å². The topological polar surface area (TPSA) is 51.0 Å². The zero-order valence-corrected chi connectivity index (χ0v) is 12.0. The molecule has 1 amide bonds. The Bertz CT molecular complexity index is 660. The number of carbonyl (C=O) groups excluding carboxylic acids is 1. The highest BCUT2D eigenvalue weighted by Gasteiger charge is 2.29. The first-order valence-electron chi connectivity index (χ1n) is 6.82. The van der Waals surface area contributed by atoms with E-state index < -0.39 is 0 Å². The monoisotopic (exact) mass is 270 g/mol. The van der Waals surface area contributed by atoms with Gasteiger partial charge in [-0.15, -0.1) is 0 Å². The maximum Gasteiger partial charge on any atom is 0.256 e. The molecule has 20 heavy (non-hydrogen) atoms. The van der Waals surface area contributed by atoms with E-state index >= 15 is 0 Å². The highest BCUT2D eigenvalue weighted by atomic mass is 16.2. The minimum Gasteiger partial charge on any atom is -0.327 e. The Morgan fingerprint density at radius 3 is 2.90 bits per heavy atom. The fourth-order valence-electron chi connectivity index (χ4n) is 2.65. The van der Waals surface area contributed by atoms with Gasteiger partial charge in [0.15, 0.2) is 0 Å². The van der Waals surface area contributed by atoms with E-state index in [0.717, 1.165) is 17.0 Å². The molecule has 5 nitrogen and oxygen atoms in total. The summed E-state index contributed by atoms with van der Waals surface area (Å²) in [5.41, 5.74) is 3.89. The standard InChI is InChI=1S/C15H18N4O/c1-10(2)12-7-17-18(3)14(12)9-19-8-13-11(15(19)20)5-4-6-16-13/h4-7,10H,8-9H2,1-3H3. The van der Waals surface area contributed by atoms with E-state index in [-0.39, 0.29) is 5.91 Å². The molecule has 104 valence electrons. The van der Waals surface area contributed by atoms with Gasteiger partial charge in [0.05, 0.1) is 36.2 Å². The van der Waals surface area contributed by atoms with Crippen LogP contribution in [-0.4, -0.2) is 25.6 Å². The third kappa shape index (κ3) is 1.99. The Kier molecular flexibility index (Phi) is 3.04. The summed E-state index contributed by atoms with van der Waals surface area (Å²) in [4.78, 5) is 18.5. The van der Waals surface area contributed by atoms with Gasteiger partial charge in [0, 0.05) is 13.2 Å². The fraction of sp³-hybridized carbons (Fsp3) is 0.400. The normalized spacial score (nSPS) is 14.2. The first kappa shape index (κ1) is 12.8. The van der Waals surface area contributed by atoms with Gasteiger partial charge >= 0.3 is 0 Å². The Hall–Kier alpha value is -2.17. The number of rotatable bonds is 3. The number of carbonyl (C=O) groups is 1. The molecular formula is C15H18N4O. The molecule has 0 spiro atoms. The third-order valence-electron chi connectivity index (χ3n) is 3.80. The average molecular weight is 270 g/mol. The van der Waals surface area contributed by atoms with E-state index in [1.54, 1.807) is 6.20 Å². The second kappa shape index (κ2) is 4.74. The van der Waals surface area contributed by atoms with Crippen LogP contribution in [0.15, 0.2) is 24.5 Å². The predicted octanol–water partition coefficient (Wildman–Crippen LogP) is 2.09. The van der Waals surface area contributed by atoms with Crippen LogP contribution in [0.1, 0.15) is 47.1 Å². The van der Waals surface area contributed by atoms with Gasteiger partial charge in [-0.25, -0.2) is 0 Å². The van der Waals surface area contributed by atoms with Crippen LogP contribution >= 0.6 is 0 Å². The molecule has 1 aliphatic rings. The average Bonchev–Trinajstić information content (AvgIpc) is 2.93. The SMILES string of the molecule is CC(C)c1cnn(C)c1CN1Cc2ncccc2C1=O. The largest absolute Gasteiger partial charge is 0.327 e. The summed E-state index contributed by atoms with van der Waals surface area (Å²) in [6.45, 7) is 5.45. The zero-order chi connectivity index (χ0) is 14.3. The number of pyridine rings is 1. The summed E-state index contributed by atoms with van der Waals surface area (Å²) in [6, 6.07) is 3.65. The van der Waals surface area contributed by atoms with Crippen molar-refractivity contribution < 1.29 is 4.79 Å². The van der Waals surface area contributed by atoms with Gasteiger partial charge in [-0.2, -0.15) is 5.10 Å². The van der Waals surface area contributed by atoms with E-state index in [2.05, 4.69) is 23.9 Å². The van der Waals surface area contributed by atoms with Gasteiger partial charge < -0.3 is 4.90 Å². The third-order valence-corrected chi connectivity index (χ3v) is 3.80. The number of nitrogens with zero attached hydrogens (tertiary/aromatic N) is 4. The van der Waals surface area contributed by atoms with E-state index in [1.807, 2.05) is 35.0 Å². The van der Waals surface area contributed by atoms with Crippen molar-refractivity contribution in [3.8, 4) is 0 Å². The Labute approximate surface area is 118 Å². The number of aromatic nitrogens is 3. The summed E-state index contributed by atoms with van der Waals surface area (Å²) in [5.74, 6) is 0.459. The molecule has 0 unspecified atom stereocenters. The Morgan fingerprint density at radius 1 is 1.40 bits per heavy atom. The molecule has 0 saturated heterocycles. The highest BCUT2D eigenvalue weighted by Crippen LogP contribution is 2.25. The zero-order valence-electron chi connectivity index (χ0n) is 12.0. The molecular weight excluding hydrogens is 252 g/mol. The smallest absolute Gasteiger partial charge is 0.256 e. The second-order valence-electron chi connectivity index (χ2n) is 5.48. The Balaban J connectivity index is 1.88. The molecule has 0 aromatic carbocycles. The lowest BCUT2D eigenvalue weighted by atomic mass is 10.0. The van der Waals surface area contributed by atoms with E-state index in [1.165, 1.54) is 5.56 Å². The van der Waals surface area contributed by atoms with Crippen LogP contribution < -0.4 is 0 Å². The minimum absolute atomic E-state index is 0.0593. The molecule has 0 fully saturated rings. The Morgan fingerprint density at radius 2 is 2.20 bits per heavy atom. The van der Waals surface area contributed by atoms with Gasteiger partial charge in [-0.3, -0.25) is 14.5 Å². The molecule has 2 aromatic rings. The molecule has 0 aliphatic carbocycles. The molecule has 3 rings (SSSR count). The van der Waals surface area contributed by atoms with Crippen LogP contribution in [0.5, 0.6) is 0 Å². The van der Waals surface area contributed by atoms with Crippen molar-refractivity contribution in [2.75, 3.05) is 0 Å². The van der Waals surface area contributed by atoms with Gasteiger partial charge in [0.2, 0.25) is 0 Å². The first-order valence-corrected chi connectivity index (χ1v) is 6.82. The van der Waals surface area contributed by atoms with Crippen molar-refractivity contribution in [3.05, 3.63) is 47.0 Å². The maximum absolute atomic E-state index is 12.4. The summed E-state index contributed by atoms with van der Waals surface area (Å²) in [7, 11) is 1.92. The number of fused-ring (bicyclic) bond motifs is 1. The molecule has 0 atom stereocenters. The molecule has 0 bridgehead atoms. The van der Waals surface area contributed by atoms with Crippen molar-refractivity contribution in [1.29, 1.82) is 0 Å². The van der Waals surface area contributed by atoms with Crippen molar-refractivity contribution in [1.82, 2.24) is 19.7 Å². The summed E-state index contributed by atoms with van der Waals surface area (Å²) < 4.78 is 1.86. The second-order valence-corrected chi connectivity index (χ2v) is 5.48. The van der Waals surface area contributed by atoms with Crippen LogP contribution in [-0.2, 0) is 20.1 Å². The van der Waals surface area contributed by atoms with Crippen molar-refractivity contribution >= 4 is 5.91 Å². The molecule has 0 radical (unpaired) electrons. The molecule has 0 N–H and O–H groups in total. The predicted molar refractivity (Wildman–Crippen MR) is 75.1 cm³/mol. The molecule has 1 aliphatic heterocycles. The highest BCUT2D eigenvalue weighted by molar-refractivity contribution is 5.97. The number of amides is 1. The van der Waals surface area contributed by atoms with Gasteiger partial charge in [0.25, 0.3) is 5.91 Å². The summed E-state index contributed by atoms with van der Waals surface area (Å²) in [6.07, 6.45) is 3.63.